The smallest absolute Gasteiger partial charge is 0.253 e. The number of nitrogens with zero attached hydrogens (tertiary/aromatic N) is 1. The van der Waals surface area contributed by atoms with Crippen LogP contribution in [0.25, 0.3) is 0 Å². The Hall–Kier alpha value is -2.36. The van der Waals surface area contributed by atoms with Crippen molar-refractivity contribution in [1.82, 2.24) is 10.3 Å². The molecule has 0 aliphatic heterocycles. The van der Waals surface area contributed by atoms with Crippen LogP contribution in [0.2, 0.25) is 0 Å². The maximum absolute atomic E-state index is 12.4. The van der Waals surface area contributed by atoms with Crippen LogP contribution in [0.5, 0.6) is 0 Å². The summed E-state index contributed by atoms with van der Waals surface area (Å²) in [6.45, 7) is 7.85. The van der Waals surface area contributed by atoms with Gasteiger partial charge in [-0.15, -0.1) is 0 Å². The van der Waals surface area contributed by atoms with Gasteiger partial charge in [-0.3, -0.25) is 9.78 Å². The first kappa shape index (κ1) is 17.0. The van der Waals surface area contributed by atoms with E-state index in [2.05, 4.69) is 36.4 Å². The lowest BCUT2D eigenvalue weighted by Crippen LogP contribution is -2.27. The normalized spacial score (nSPS) is 11.1. The maximum Gasteiger partial charge on any atom is 0.253 e. The zero-order valence-corrected chi connectivity index (χ0v) is 14.1. The van der Waals surface area contributed by atoms with E-state index in [1.807, 2.05) is 36.4 Å². The number of aromatic nitrogens is 1. The van der Waals surface area contributed by atoms with Crippen LogP contribution >= 0.6 is 0 Å². The second-order valence-electron chi connectivity index (χ2n) is 6.82. The summed E-state index contributed by atoms with van der Waals surface area (Å²) < 4.78 is 0. The molecule has 0 aliphatic rings. The van der Waals surface area contributed by atoms with E-state index in [0.29, 0.717) is 18.7 Å². The van der Waals surface area contributed by atoms with Crippen molar-refractivity contribution in [2.75, 3.05) is 11.9 Å². The number of rotatable bonds is 6. The number of pyridine rings is 1. The van der Waals surface area contributed by atoms with Crippen LogP contribution in [0.4, 0.5) is 5.69 Å². The summed E-state index contributed by atoms with van der Waals surface area (Å²) in [5.74, 6) is -0.0351. The summed E-state index contributed by atoms with van der Waals surface area (Å²) in [5, 5.41) is 6.33. The molecule has 1 aromatic heterocycles. The van der Waals surface area contributed by atoms with Gasteiger partial charge in [0.15, 0.2) is 0 Å². The zero-order chi connectivity index (χ0) is 16.7. The van der Waals surface area contributed by atoms with Gasteiger partial charge in [0.05, 0.1) is 5.56 Å². The van der Waals surface area contributed by atoms with Crippen molar-refractivity contribution in [2.24, 2.45) is 5.41 Å². The molecular weight excluding hydrogens is 286 g/mol. The van der Waals surface area contributed by atoms with Gasteiger partial charge >= 0.3 is 0 Å². The second-order valence-corrected chi connectivity index (χ2v) is 6.82. The molecule has 4 heteroatoms. The predicted octanol–water partition coefficient (Wildman–Crippen LogP) is 3.86. The van der Waals surface area contributed by atoms with Crippen LogP contribution in [-0.4, -0.2) is 17.4 Å². The fraction of sp³-hybridized carbons (Fsp3) is 0.368. The summed E-state index contributed by atoms with van der Waals surface area (Å²) in [7, 11) is 0. The molecule has 23 heavy (non-hydrogen) atoms. The highest BCUT2D eigenvalue weighted by molar-refractivity contribution is 5.99. The van der Waals surface area contributed by atoms with Crippen LogP contribution in [0, 0.1) is 5.41 Å². The van der Waals surface area contributed by atoms with Crippen molar-refractivity contribution in [2.45, 2.75) is 33.7 Å². The van der Waals surface area contributed by atoms with Gasteiger partial charge in [0.25, 0.3) is 5.91 Å². The molecule has 0 bridgehead atoms. The average molecular weight is 311 g/mol. The molecule has 4 nitrogen and oxygen atoms in total. The van der Waals surface area contributed by atoms with Crippen LogP contribution in [0.15, 0.2) is 48.8 Å². The summed E-state index contributed by atoms with van der Waals surface area (Å²) in [6, 6.07) is 11.5. The van der Waals surface area contributed by atoms with Gasteiger partial charge in [-0.25, -0.2) is 0 Å². The molecule has 0 radical (unpaired) electrons. The molecule has 0 atom stereocenters. The fourth-order valence-corrected chi connectivity index (χ4v) is 2.18. The van der Waals surface area contributed by atoms with E-state index in [1.165, 1.54) is 0 Å². The maximum atomic E-state index is 12.4. The number of carbonyl (C=O) groups is 1. The molecule has 0 fully saturated rings. The number of hydrogen-bond donors (Lipinski definition) is 2. The minimum atomic E-state index is -0.0351. The van der Waals surface area contributed by atoms with Crippen molar-refractivity contribution in [3.05, 3.63) is 59.9 Å². The van der Waals surface area contributed by atoms with Gasteiger partial charge in [0.1, 0.15) is 0 Å². The quantitative estimate of drug-likeness (QED) is 0.851. The third-order valence-electron chi connectivity index (χ3n) is 3.56. The molecule has 0 saturated carbocycles. The largest absolute Gasteiger partial charge is 0.380 e. The second kappa shape index (κ2) is 7.77. The third-order valence-corrected chi connectivity index (χ3v) is 3.56. The van der Waals surface area contributed by atoms with Gasteiger partial charge in [0, 0.05) is 31.2 Å². The molecular formula is C19H25N3O. The van der Waals surface area contributed by atoms with E-state index in [9.17, 15) is 4.79 Å². The SMILES string of the molecule is CC(C)(C)CCNC(=O)c1ccccc1NCc1ccncc1. The topological polar surface area (TPSA) is 54.0 Å². The molecule has 2 rings (SSSR count). The van der Waals surface area contributed by atoms with Crippen molar-refractivity contribution >= 4 is 11.6 Å². The van der Waals surface area contributed by atoms with E-state index >= 15 is 0 Å². The number of nitrogens with one attached hydrogen (secondary N) is 2. The van der Waals surface area contributed by atoms with E-state index in [4.69, 9.17) is 0 Å². The summed E-state index contributed by atoms with van der Waals surface area (Å²) in [4.78, 5) is 16.4. The Morgan fingerprint density at radius 2 is 1.78 bits per heavy atom. The fourth-order valence-electron chi connectivity index (χ4n) is 2.18. The van der Waals surface area contributed by atoms with Gasteiger partial charge in [-0.2, -0.15) is 0 Å². The first-order chi connectivity index (χ1) is 11.0. The number of para-hydroxylation sites is 1. The number of benzene rings is 1. The van der Waals surface area contributed by atoms with Crippen LogP contribution < -0.4 is 10.6 Å². The zero-order valence-electron chi connectivity index (χ0n) is 14.1. The van der Waals surface area contributed by atoms with Crippen molar-refractivity contribution < 1.29 is 4.79 Å². The standard InChI is InChI=1S/C19H25N3O/c1-19(2,3)10-13-21-18(23)16-6-4-5-7-17(16)22-14-15-8-11-20-12-9-15/h4-9,11-12,22H,10,13-14H2,1-3H3,(H,21,23). The minimum absolute atomic E-state index is 0.0351. The van der Waals surface area contributed by atoms with Crippen LogP contribution in [0.1, 0.15) is 43.1 Å². The molecule has 0 unspecified atom stereocenters. The van der Waals surface area contributed by atoms with E-state index in [-0.39, 0.29) is 11.3 Å². The van der Waals surface area contributed by atoms with Gasteiger partial charge in [0.2, 0.25) is 0 Å². The lowest BCUT2D eigenvalue weighted by atomic mass is 9.92. The predicted molar refractivity (Wildman–Crippen MR) is 94.4 cm³/mol. The number of carbonyl (C=O) groups excluding carboxylic acids is 1. The molecule has 1 amide bonds. The Kier molecular flexibility index (Phi) is 5.74. The van der Waals surface area contributed by atoms with Crippen molar-refractivity contribution in [3.63, 3.8) is 0 Å². The highest BCUT2D eigenvalue weighted by Crippen LogP contribution is 2.18. The molecule has 0 saturated heterocycles. The Balaban J connectivity index is 1.98. The number of hydrogen-bond acceptors (Lipinski definition) is 3. The minimum Gasteiger partial charge on any atom is -0.380 e. The first-order valence-corrected chi connectivity index (χ1v) is 7.96. The van der Waals surface area contributed by atoms with Crippen molar-refractivity contribution in [3.8, 4) is 0 Å². The molecule has 1 aromatic carbocycles. The Bertz CT molecular complexity index is 633. The van der Waals surface area contributed by atoms with E-state index in [0.717, 1.165) is 17.7 Å². The van der Waals surface area contributed by atoms with Crippen LogP contribution in [-0.2, 0) is 6.54 Å². The van der Waals surface area contributed by atoms with Crippen LogP contribution in [0.3, 0.4) is 0 Å². The van der Waals surface area contributed by atoms with Crippen molar-refractivity contribution in [1.29, 1.82) is 0 Å². The Labute approximate surface area is 138 Å². The summed E-state index contributed by atoms with van der Waals surface area (Å²) >= 11 is 0. The molecule has 1 heterocycles. The molecule has 0 aliphatic carbocycles. The highest BCUT2D eigenvalue weighted by atomic mass is 16.1. The van der Waals surface area contributed by atoms with E-state index in [1.54, 1.807) is 12.4 Å². The summed E-state index contributed by atoms with van der Waals surface area (Å²) in [5.41, 5.74) is 2.86. The number of amides is 1. The van der Waals surface area contributed by atoms with E-state index < -0.39 is 0 Å². The molecule has 0 spiro atoms. The summed E-state index contributed by atoms with van der Waals surface area (Å²) in [6.07, 6.45) is 4.48. The van der Waals surface area contributed by atoms with Gasteiger partial charge < -0.3 is 10.6 Å². The lowest BCUT2D eigenvalue weighted by Gasteiger charge is -2.18. The third kappa shape index (κ3) is 5.74. The molecule has 2 aromatic rings. The lowest BCUT2D eigenvalue weighted by molar-refractivity contribution is 0.0950. The average Bonchev–Trinajstić information content (AvgIpc) is 2.53. The van der Waals surface area contributed by atoms with Gasteiger partial charge in [-0.1, -0.05) is 32.9 Å². The Morgan fingerprint density at radius 1 is 1.09 bits per heavy atom. The molecule has 2 N–H and O–H groups in total. The monoisotopic (exact) mass is 311 g/mol. The number of anilines is 1. The highest BCUT2D eigenvalue weighted by Gasteiger charge is 2.13. The van der Waals surface area contributed by atoms with Gasteiger partial charge in [-0.05, 0) is 41.7 Å². The Morgan fingerprint density at radius 3 is 2.48 bits per heavy atom. The molecule has 122 valence electrons. The first-order valence-electron chi connectivity index (χ1n) is 7.96.